The fraction of sp³-hybridized carbons (Fsp3) is 0.208. The molecule has 0 radical (unpaired) electrons. The molecule has 1 aromatic heterocycles. The van der Waals surface area contributed by atoms with Crippen molar-refractivity contribution in [2.75, 3.05) is 11.9 Å². The summed E-state index contributed by atoms with van der Waals surface area (Å²) in [5, 5.41) is 12.1. The minimum Gasteiger partial charge on any atom is -0.494 e. The van der Waals surface area contributed by atoms with Crippen LogP contribution in [0.4, 0.5) is 5.69 Å². The number of benzene rings is 2. The van der Waals surface area contributed by atoms with Gasteiger partial charge >= 0.3 is 0 Å². The molecule has 1 heterocycles. The van der Waals surface area contributed by atoms with Gasteiger partial charge in [0, 0.05) is 18.3 Å². The molecule has 3 rings (SSSR count). The van der Waals surface area contributed by atoms with E-state index in [0.717, 1.165) is 16.9 Å². The van der Waals surface area contributed by atoms with Gasteiger partial charge in [0.05, 0.1) is 6.61 Å². The van der Waals surface area contributed by atoms with E-state index in [4.69, 9.17) is 14.7 Å². The standard InChI is InChI=1S/C24H23N3O3/c1-3-29-22-9-5-4-7-18(22)10-13-23(28)27-21-12-11-20(15-17(21)2)30-24-19(16-25)8-6-14-26-24/h4-9,11-12,14-15H,3,10,13H2,1-2H3,(H,27,28). The van der Waals surface area contributed by atoms with Crippen molar-refractivity contribution >= 4 is 11.6 Å². The normalized spacial score (nSPS) is 10.2. The minimum atomic E-state index is -0.0745. The quantitative estimate of drug-likeness (QED) is 0.573. The van der Waals surface area contributed by atoms with Gasteiger partial charge in [-0.2, -0.15) is 5.26 Å². The molecule has 0 bridgehead atoms. The maximum atomic E-state index is 12.4. The van der Waals surface area contributed by atoms with Gasteiger partial charge in [-0.25, -0.2) is 4.98 Å². The molecule has 2 aromatic carbocycles. The van der Waals surface area contributed by atoms with Gasteiger partial charge in [0.2, 0.25) is 11.8 Å². The summed E-state index contributed by atoms with van der Waals surface area (Å²) in [6.45, 7) is 4.41. The number of ether oxygens (including phenoxy) is 2. The number of carbonyl (C=O) groups excluding carboxylic acids is 1. The number of carbonyl (C=O) groups is 1. The van der Waals surface area contributed by atoms with E-state index in [1.807, 2.05) is 38.1 Å². The number of nitrogens with one attached hydrogen (secondary N) is 1. The molecule has 0 spiro atoms. The summed E-state index contributed by atoms with van der Waals surface area (Å²) in [5.74, 6) is 1.54. The second kappa shape index (κ2) is 10.1. The highest BCUT2D eigenvalue weighted by Gasteiger charge is 2.10. The molecule has 1 N–H and O–H groups in total. The lowest BCUT2D eigenvalue weighted by Crippen LogP contribution is -2.13. The molecule has 152 valence electrons. The van der Waals surface area contributed by atoms with E-state index in [1.165, 1.54) is 0 Å². The third-order valence-corrected chi connectivity index (χ3v) is 4.47. The van der Waals surface area contributed by atoms with Crippen LogP contribution >= 0.6 is 0 Å². The molecule has 1 amide bonds. The molecule has 0 atom stereocenters. The second-order valence-electron chi connectivity index (χ2n) is 6.64. The first-order valence-electron chi connectivity index (χ1n) is 9.75. The Bertz CT molecular complexity index is 1070. The first-order valence-corrected chi connectivity index (χ1v) is 9.75. The van der Waals surface area contributed by atoms with Gasteiger partial charge in [-0.3, -0.25) is 4.79 Å². The fourth-order valence-electron chi connectivity index (χ4n) is 2.98. The van der Waals surface area contributed by atoms with Crippen LogP contribution in [0.15, 0.2) is 60.8 Å². The molecular weight excluding hydrogens is 378 g/mol. The first-order chi connectivity index (χ1) is 14.6. The van der Waals surface area contributed by atoms with Crippen LogP contribution in [-0.4, -0.2) is 17.5 Å². The Morgan fingerprint density at radius 3 is 2.77 bits per heavy atom. The number of anilines is 1. The zero-order chi connectivity index (χ0) is 21.3. The maximum Gasteiger partial charge on any atom is 0.237 e. The van der Waals surface area contributed by atoms with E-state index in [2.05, 4.69) is 16.4 Å². The predicted molar refractivity (Wildman–Crippen MR) is 115 cm³/mol. The summed E-state index contributed by atoms with van der Waals surface area (Å²) in [6, 6.07) is 18.5. The molecule has 0 saturated carbocycles. The average molecular weight is 401 g/mol. The summed E-state index contributed by atoms with van der Waals surface area (Å²) < 4.78 is 11.3. The smallest absolute Gasteiger partial charge is 0.237 e. The zero-order valence-electron chi connectivity index (χ0n) is 17.0. The molecule has 0 aliphatic rings. The van der Waals surface area contributed by atoms with E-state index >= 15 is 0 Å². The summed E-state index contributed by atoms with van der Waals surface area (Å²) in [5.41, 5.74) is 2.94. The topological polar surface area (TPSA) is 84.2 Å². The van der Waals surface area contributed by atoms with Crippen LogP contribution in [0.5, 0.6) is 17.4 Å². The highest BCUT2D eigenvalue weighted by molar-refractivity contribution is 5.91. The number of nitrogens with zero attached hydrogens (tertiary/aromatic N) is 2. The van der Waals surface area contributed by atoms with Crippen LogP contribution in [0.3, 0.4) is 0 Å². The maximum absolute atomic E-state index is 12.4. The van der Waals surface area contributed by atoms with Crippen molar-refractivity contribution in [3.8, 4) is 23.4 Å². The van der Waals surface area contributed by atoms with Gasteiger partial charge in [0.25, 0.3) is 0 Å². The van der Waals surface area contributed by atoms with Crippen molar-refractivity contribution in [2.45, 2.75) is 26.7 Å². The Labute approximate surface area is 176 Å². The Morgan fingerprint density at radius 1 is 1.17 bits per heavy atom. The van der Waals surface area contributed by atoms with Crippen LogP contribution in [-0.2, 0) is 11.2 Å². The monoisotopic (exact) mass is 401 g/mol. The molecular formula is C24H23N3O3. The van der Waals surface area contributed by atoms with Crippen molar-refractivity contribution in [1.82, 2.24) is 4.98 Å². The van der Waals surface area contributed by atoms with Crippen molar-refractivity contribution in [2.24, 2.45) is 0 Å². The molecule has 30 heavy (non-hydrogen) atoms. The van der Waals surface area contributed by atoms with Gasteiger partial charge in [0.1, 0.15) is 23.1 Å². The molecule has 0 fully saturated rings. The molecule has 0 saturated heterocycles. The summed E-state index contributed by atoms with van der Waals surface area (Å²) in [6.07, 6.45) is 2.52. The van der Waals surface area contributed by atoms with Crippen LogP contribution in [0.1, 0.15) is 30.0 Å². The Morgan fingerprint density at radius 2 is 2.00 bits per heavy atom. The van der Waals surface area contributed by atoms with Crippen molar-refractivity contribution in [3.05, 3.63) is 77.5 Å². The number of amides is 1. The fourth-order valence-corrected chi connectivity index (χ4v) is 2.98. The van der Waals surface area contributed by atoms with E-state index in [-0.39, 0.29) is 11.8 Å². The first kappa shape index (κ1) is 20.9. The molecule has 0 unspecified atom stereocenters. The highest BCUT2D eigenvalue weighted by atomic mass is 16.5. The third-order valence-electron chi connectivity index (χ3n) is 4.47. The largest absolute Gasteiger partial charge is 0.494 e. The number of pyridine rings is 1. The highest BCUT2D eigenvalue weighted by Crippen LogP contribution is 2.27. The molecule has 6 heteroatoms. The van der Waals surface area contributed by atoms with Gasteiger partial charge < -0.3 is 14.8 Å². The Balaban J connectivity index is 1.62. The van der Waals surface area contributed by atoms with Crippen molar-refractivity contribution in [1.29, 1.82) is 5.26 Å². The van der Waals surface area contributed by atoms with Gasteiger partial charge in [0.15, 0.2) is 0 Å². The molecule has 3 aromatic rings. The van der Waals surface area contributed by atoms with Crippen LogP contribution < -0.4 is 14.8 Å². The lowest BCUT2D eigenvalue weighted by molar-refractivity contribution is -0.116. The number of para-hydroxylation sites is 1. The van der Waals surface area contributed by atoms with Gasteiger partial charge in [-0.1, -0.05) is 18.2 Å². The zero-order valence-corrected chi connectivity index (χ0v) is 17.0. The molecule has 6 nitrogen and oxygen atoms in total. The number of rotatable bonds is 8. The van der Waals surface area contributed by atoms with E-state index in [0.29, 0.717) is 36.4 Å². The van der Waals surface area contributed by atoms with E-state index < -0.39 is 0 Å². The Kier molecular flexibility index (Phi) is 7.01. The SMILES string of the molecule is CCOc1ccccc1CCC(=O)Nc1ccc(Oc2ncccc2C#N)cc1C. The van der Waals surface area contributed by atoms with E-state index in [9.17, 15) is 4.79 Å². The third kappa shape index (κ3) is 5.36. The number of nitriles is 1. The summed E-state index contributed by atoms with van der Waals surface area (Å²) in [7, 11) is 0. The van der Waals surface area contributed by atoms with Crippen molar-refractivity contribution in [3.63, 3.8) is 0 Å². The van der Waals surface area contributed by atoms with Gasteiger partial charge in [-0.15, -0.1) is 0 Å². The number of aromatic nitrogens is 1. The molecule has 0 aliphatic carbocycles. The lowest BCUT2D eigenvalue weighted by atomic mass is 10.1. The van der Waals surface area contributed by atoms with Crippen LogP contribution in [0, 0.1) is 18.3 Å². The summed E-state index contributed by atoms with van der Waals surface area (Å²) >= 11 is 0. The number of hydrogen-bond acceptors (Lipinski definition) is 5. The number of aryl methyl sites for hydroxylation is 2. The lowest BCUT2D eigenvalue weighted by Gasteiger charge is -2.12. The van der Waals surface area contributed by atoms with Crippen LogP contribution in [0.25, 0.3) is 0 Å². The average Bonchev–Trinajstić information content (AvgIpc) is 2.75. The van der Waals surface area contributed by atoms with Gasteiger partial charge in [-0.05, 0) is 67.8 Å². The second-order valence-corrected chi connectivity index (χ2v) is 6.64. The molecule has 0 aliphatic heterocycles. The van der Waals surface area contributed by atoms with Crippen LogP contribution in [0.2, 0.25) is 0 Å². The minimum absolute atomic E-state index is 0.0745. The predicted octanol–water partition coefficient (Wildman–Crippen LogP) is 5.02. The Hall–Kier alpha value is -3.85. The number of hydrogen-bond donors (Lipinski definition) is 1. The van der Waals surface area contributed by atoms with E-state index in [1.54, 1.807) is 36.5 Å². The summed E-state index contributed by atoms with van der Waals surface area (Å²) in [4.78, 5) is 16.5. The van der Waals surface area contributed by atoms with Crippen molar-refractivity contribution < 1.29 is 14.3 Å².